The number of hydrogen-bond acceptors (Lipinski definition) is 7. The Balaban J connectivity index is 4.55. The monoisotopic (exact) mass is 707 g/mol. The van der Waals surface area contributed by atoms with Crippen LogP contribution in [-0.4, -0.2) is 87.4 Å². The second-order valence-corrected chi connectivity index (χ2v) is 13.9. The molecule has 0 heterocycles. The highest BCUT2D eigenvalue weighted by Crippen LogP contribution is 2.12. The first-order valence-electron chi connectivity index (χ1n) is 19.3. The highest BCUT2D eigenvalue weighted by molar-refractivity contribution is 5.71. The van der Waals surface area contributed by atoms with Gasteiger partial charge in [-0.3, -0.25) is 9.59 Å². The molecule has 0 fully saturated rings. The van der Waals surface area contributed by atoms with Crippen molar-refractivity contribution in [1.29, 1.82) is 0 Å². The number of rotatable bonds is 34. The molecule has 0 aliphatic carbocycles. The van der Waals surface area contributed by atoms with E-state index in [0.29, 0.717) is 23.9 Å². The van der Waals surface area contributed by atoms with Crippen LogP contribution in [-0.2, 0) is 33.3 Å². The third kappa shape index (κ3) is 33.7. The fourth-order valence-corrected chi connectivity index (χ4v) is 4.82. The predicted molar refractivity (Wildman–Crippen MR) is 203 cm³/mol. The summed E-state index contributed by atoms with van der Waals surface area (Å²) in [7, 11) is 5.93. The summed E-state index contributed by atoms with van der Waals surface area (Å²) in [5.74, 6) is -2.05. The van der Waals surface area contributed by atoms with Crippen molar-refractivity contribution in [2.45, 2.75) is 148 Å². The zero-order valence-electron chi connectivity index (χ0n) is 32.3. The number of allylic oxidation sites excluding steroid dienone is 8. The largest absolute Gasteiger partial charge is 0.477 e. The summed E-state index contributed by atoms with van der Waals surface area (Å²) < 4.78 is 22.5. The van der Waals surface area contributed by atoms with E-state index in [-0.39, 0.29) is 32.2 Å². The lowest BCUT2D eigenvalue weighted by Crippen LogP contribution is -2.40. The topological polar surface area (TPSA) is 108 Å². The van der Waals surface area contributed by atoms with E-state index in [1.54, 1.807) is 0 Å². The van der Waals surface area contributed by atoms with Gasteiger partial charge in [0.15, 0.2) is 6.10 Å². The van der Waals surface area contributed by atoms with Crippen molar-refractivity contribution in [2.75, 3.05) is 47.5 Å². The molecule has 0 radical (unpaired) electrons. The van der Waals surface area contributed by atoms with Gasteiger partial charge in [-0.15, -0.1) is 0 Å². The fourth-order valence-electron chi connectivity index (χ4n) is 4.82. The molecule has 0 aromatic heterocycles. The molecule has 9 heteroatoms. The number of quaternary nitrogens is 1. The van der Waals surface area contributed by atoms with Gasteiger partial charge in [0, 0.05) is 12.8 Å². The number of carboxylic acid groups (broad SMARTS) is 1. The van der Waals surface area contributed by atoms with Gasteiger partial charge < -0.3 is 28.5 Å². The van der Waals surface area contributed by atoms with Crippen LogP contribution in [0.25, 0.3) is 0 Å². The van der Waals surface area contributed by atoms with Crippen LogP contribution in [0, 0.1) is 0 Å². The van der Waals surface area contributed by atoms with Gasteiger partial charge >= 0.3 is 17.9 Å². The molecule has 50 heavy (non-hydrogen) atoms. The normalized spacial score (nSPS) is 13.5. The third-order valence-corrected chi connectivity index (χ3v) is 7.85. The van der Waals surface area contributed by atoms with E-state index in [9.17, 15) is 19.5 Å². The molecular weight excluding hydrogens is 634 g/mol. The summed E-state index contributed by atoms with van der Waals surface area (Å²) in [6.07, 6.45) is 33.2. The lowest BCUT2D eigenvalue weighted by atomic mass is 10.1. The quantitative estimate of drug-likeness (QED) is 0.0232. The number of hydrogen-bond donors (Lipinski definition) is 1. The summed E-state index contributed by atoms with van der Waals surface area (Å²) in [6.45, 7) is 4.66. The van der Waals surface area contributed by atoms with Crippen LogP contribution < -0.4 is 0 Å². The maximum atomic E-state index is 12.7. The van der Waals surface area contributed by atoms with Gasteiger partial charge in [-0.25, -0.2) is 4.79 Å². The van der Waals surface area contributed by atoms with Crippen LogP contribution in [0.2, 0.25) is 0 Å². The SMILES string of the molecule is CC/C=C\C/C=C\C/C=C\C/C=C\CCCCCCC(=O)OC(COC(=O)CCCCCCCCCC)COC(OCC[N+](C)(C)C)C(=O)O. The zero-order valence-corrected chi connectivity index (χ0v) is 32.3. The Hall–Kier alpha value is -2.75. The summed E-state index contributed by atoms with van der Waals surface area (Å²) in [5.41, 5.74) is 0. The van der Waals surface area contributed by atoms with E-state index in [1.165, 1.54) is 32.1 Å². The average molecular weight is 707 g/mol. The van der Waals surface area contributed by atoms with Crippen LogP contribution in [0.4, 0.5) is 0 Å². The van der Waals surface area contributed by atoms with Crippen LogP contribution in [0.1, 0.15) is 136 Å². The van der Waals surface area contributed by atoms with Crippen LogP contribution in [0.15, 0.2) is 48.6 Å². The lowest BCUT2D eigenvalue weighted by Gasteiger charge is -2.25. The van der Waals surface area contributed by atoms with Gasteiger partial charge in [-0.1, -0.05) is 120 Å². The molecule has 0 rings (SSSR count). The van der Waals surface area contributed by atoms with Gasteiger partial charge in [0.2, 0.25) is 0 Å². The van der Waals surface area contributed by atoms with Crippen molar-refractivity contribution < 1.29 is 42.9 Å². The molecule has 0 saturated carbocycles. The Labute approximate surface area is 304 Å². The number of carbonyl (C=O) groups excluding carboxylic acids is 2. The van der Waals surface area contributed by atoms with E-state index in [4.69, 9.17) is 18.9 Å². The molecule has 0 bridgehead atoms. The fraction of sp³-hybridized carbons (Fsp3) is 0.732. The van der Waals surface area contributed by atoms with Crippen LogP contribution in [0.5, 0.6) is 0 Å². The van der Waals surface area contributed by atoms with Gasteiger partial charge in [-0.2, -0.15) is 0 Å². The number of nitrogens with zero attached hydrogens (tertiary/aromatic N) is 1. The first kappa shape index (κ1) is 47.2. The van der Waals surface area contributed by atoms with Crippen molar-refractivity contribution in [1.82, 2.24) is 0 Å². The third-order valence-electron chi connectivity index (χ3n) is 7.85. The minimum absolute atomic E-state index is 0.181. The number of carbonyl (C=O) groups is 3. The van der Waals surface area contributed by atoms with Crippen LogP contribution >= 0.6 is 0 Å². The predicted octanol–water partition coefficient (Wildman–Crippen LogP) is 9.27. The van der Waals surface area contributed by atoms with E-state index in [0.717, 1.165) is 70.6 Å². The molecule has 0 aliphatic rings. The van der Waals surface area contributed by atoms with Gasteiger partial charge in [-0.05, 0) is 51.4 Å². The molecule has 0 aromatic carbocycles. The standard InChI is InChI=1S/C41H71NO8/c1-6-8-10-12-14-16-17-18-19-20-21-22-23-24-26-28-30-32-39(44)50-37(36-49-41(40(45)46)47-34-33-42(3,4)5)35-48-38(43)31-29-27-25-15-13-11-9-7-2/h8,10,14,16,18-19,21-22,37,41H,6-7,9,11-13,15,17,20,23-36H2,1-5H3/p+1/b10-8-,16-14-,19-18-,22-21-. The van der Waals surface area contributed by atoms with Crippen molar-refractivity contribution >= 4 is 17.9 Å². The van der Waals surface area contributed by atoms with Gasteiger partial charge in [0.05, 0.1) is 34.4 Å². The van der Waals surface area contributed by atoms with E-state index in [1.807, 2.05) is 21.1 Å². The van der Waals surface area contributed by atoms with E-state index >= 15 is 0 Å². The summed E-state index contributed by atoms with van der Waals surface area (Å²) in [5, 5.41) is 9.57. The molecule has 0 aromatic rings. The highest BCUT2D eigenvalue weighted by Gasteiger charge is 2.25. The van der Waals surface area contributed by atoms with E-state index < -0.39 is 24.3 Å². The number of ether oxygens (including phenoxy) is 4. The molecule has 0 saturated heterocycles. The minimum atomic E-state index is -1.51. The maximum Gasteiger partial charge on any atom is 0.361 e. The number of carboxylic acids is 1. The second kappa shape index (κ2) is 33.4. The Morgan fingerprint density at radius 3 is 1.70 bits per heavy atom. The van der Waals surface area contributed by atoms with Gasteiger partial charge in [0.1, 0.15) is 13.2 Å². The zero-order chi connectivity index (χ0) is 37.1. The summed E-state index contributed by atoms with van der Waals surface area (Å²) in [4.78, 5) is 36.8. The van der Waals surface area contributed by atoms with Crippen molar-refractivity contribution in [3.05, 3.63) is 48.6 Å². The Kier molecular flexibility index (Phi) is 31.6. The highest BCUT2D eigenvalue weighted by atomic mass is 16.7. The molecular formula is C41H72NO8+. The molecule has 2 atom stereocenters. The second-order valence-electron chi connectivity index (χ2n) is 13.9. The molecule has 0 amide bonds. The molecule has 1 N–H and O–H groups in total. The van der Waals surface area contributed by atoms with Crippen LogP contribution in [0.3, 0.4) is 0 Å². The first-order valence-corrected chi connectivity index (χ1v) is 19.3. The van der Waals surface area contributed by atoms with Crippen molar-refractivity contribution in [2.24, 2.45) is 0 Å². The first-order chi connectivity index (χ1) is 24.1. The summed E-state index contributed by atoms with van der Waals surface area (Å²) >= 11 is 0. The van der Waals surface area contributed by atoms with Crippen molar-refractivity contribution in [3.63, 3.8) is 0 Å². The Bertz CT molecular complexity index is 966. The molecule has 288 valence electrons. The molecule has 0 aliphatic heterocycles. The number of esters is 2. The minimum Gasteiger partial charge on any atom is -0.477 e. The average Bonchev–Trinajstić information content (AvgIpc) is 3.06. The van der Waals surface area contributed by atoms with Crippen molar-refractivity contribution in [3.8, 4) is 0 Å². The molecule has 9 nitrogen and oxygen atoms in total. The number of unbranched alkanes of at least 4 members (excludes halogenated alkanes) is 11. The smallest absolute Gasteiger partial charge is 0.361 e. The lowest BCUT2D eigenvalue weighted by molar-refractivity contribution is -0.870. The van der Waals surface area contributed by atoms with E-state index in [2.05, 4.69) is 62.5 Å². The summed E-state index contributed by atoms with van der Waals surface area (Å²) in [6, 6.07) is 0. The molecule has 0 spiro atoms. The number of likely N-dealkylation sites (N-methyl/N-ethyl adjacent to an activating group) is 1. The number of aliphatic carboxylic acids is 1. The molecule has 2 unspecified atom stereocenters. The van der Waals surface area contributed by atoms with Gasteiger partial charge in [0.25, 0.3) is 6.29 Å². The Morgan fingerprint density at radius 2 is 1.14 bits per heavy atom. The maximum absolute atomic E-state index is 12.7. The Morgan fingerprint density at radius 1 is 0.620 bits per heavy atom.